The fraction of sp³-hybridized carbons (Fsp3) is 0.0625. The summed E-state index contributed by atoms with van der Waals surface area (Å²) in [4.78, 5) is 12.5. The summed E-state index contributed by atoms with van der Waals surface area (Å²) in [6.45, 7) is 0.275. The lowest BCUT2D eigenvalue weighted by atomic mass is 10.2. The molecule has 0 amide bonds. The van der Waals surface area contributed by atoms with Crippen molar-refractivity contribution in [2.24, 2.45) is 0 Å². The first-order valence-corrected chi connectivity index (χ1v) is 7.12. The highest BCUT2D eigenvalue weighted by Crippen LogP contribution is 2.20. The summed E-state index contributed by atoms with van der Waals surface area (Å²) in [5.74, 6) is -0.856. The van der Waals surface area contributed by atoms with E-state index in [-0.39, 0.29) is 11.7 Å². The van der Waals surface area contributed by atoms with Crippen LogP contribution < -0.4 is 5.32 Å². The topological polar surface area (TPSA) is 50.7 Å². The van der Waals surface area contributed by atoms with Gasteiger partial charge in [0, 0.05) is 30.6 Å². The maximum Gasteiger partial charge on any atom is 0.164 e. The Morgan fingerprint density at radius 3 is 2.65 bits per heavy atom. The van der Waals surface area contributed by atoms with Crippen molar-refractivity contribution < 1.29 is 8.78 Å². The number of nitrogens with one attached hydrogen (secondary N) is 1. The zero-order valence-electron chi connectivity index (χ0n) is 11.8. The van der Waals surface area contributed by atoms with E-state index in [4.69, 9.17) is 11.6 Å². The maximum absolute atomic E-state index is 13.2. The van der Waals surface area contributed by atoms with Crippen molar-refractivity contribution in [1.29, 1.82) is 0 Å². The third-order valence-electron chi connectivity index (χ3n) is 3.07. The highest BCUT2D eigenvalue weighted by Gasteiger charge is 2.07. The molecule has 0 aliphatic heterocycles. The number of hydrogen-bond donors (Lipinski definition) is 1. The average Bonchev–Trinajstić information content (AvgIpc) is 2.56. The molecular formula is C16H11ClF2N4. The Bertz CT molecular complexity index is 828. The van der Waals surface area contributed by atoms with Crippen LogP contribution in [0.3, 0.4) is 0 Å². The number of benzene rings is 1. The summed E-state index contributed by atoms with van der Waals surface area (Å²) in [6, 6.07) is 8.86. The number of hydrogen-bond acceptors (Lipinski definition) is 4. The van der Waals surface area contributed by atoms with E-state index >= 15 is 0 Å². The predicted octanol–water partition coefficient (Wildman–Crippen LogP) is 4.08. The quantitative estimate of drug-likeness (QED) is 0.731. The van der Waals surface area contributed by atoms with Gasteiger partial charge in [-0.3, -0.25) is 4.98 Å². The van der Waals surface area contributed by atoms with Gasteiger partial charge in [0.1, 0.15) is 11.0 Å². The van der Waals surface area contributed by atoms with Crippen molar-refractivity contribution in [2.45, 2.75) is 6.54 Å². The van der Waals surface area contributed by atoms with Gasteiger partial charge < -0.3 is 5.32 Å². The molecule has 3 rings (SSSR count). The Kier molecular flexibility index (Phi) is 4.43. The Morgan fingerprint density at radius 2 is 1.91 bits per heavy atom. The van der Waals surface area contributed by atoms with Crippen LogP contribution in [0.25, 0.3) is 11.4 Å². The molecule has 1 aromatic carbocycles. The van der Waals surface area contributed by atoms with Crippen molar-refractivity contribution in [1.82, 2.24) is 15.0 Å². The minimum absolute atomic E-state index is 0.270. The van der Waals surface area contributed by atoms with Gasteiger partial charge in [-0.05, 0) is 29.8 Å². The second kappa shape index (κ2) is 6.66. The molecule has 0 unspecified atom stereocenters. The molecule has 116 valence electrons. The molecule has 23 heavy (non-hydrogen) atoms. The van der Waals surface area contributed by atoms with E-state index in [1.54, 1.807) is 24.5 Å². The van der Waals surface area contributed by atoms with Crippen molar-refractivity contribution in [2.75, 3.05) is 5.32 Å². The number of rotatable bonds is 4. The van der Waals surface area contributed by atoms with Crippen LogP contribution in [0.2, 0.25) is 5.15 Å². The maximum atomic E-state index is 13.2. The third-order valence-corrected chi connectivity index (χ3v) is 3.27. The zero-order chi connectivity index (χ0) is 16.2. The molecule has 2 heterocycles. The van der Waals surface area contributed by atoms with Crippen LogP contribution in [0.15, 0.2) is 48.8 Å². The van der Waals surface area contributed by atoms with E-state index in [2.05, 4.69) is 20.3 Å². The lowest BCUT2D eigenvalue weighted by Crippen LogP contribution is -2.04. The number of halogens is 3. The van der Waals surface area contributed by atoms with Crippen LogP contribution in [0.1, 0.15) is 5.56 Å². The predicted molar refractivity (Wildman–Crippen MR) is 84.0 cm³/mol. The van der Waals surface area contributed by atoms with Crippen LogP contribution in [-0.4, -0.2) is 15.0 Å². The van der Waals surface area contributed by atoms with E-state index in [1.807, 2.05) is 6.07 Å². The lowest BCUT2D eigenvalue weighted by molar-refractivity contribution is 0.507. The molecule has 3 aromatic rings. The van der Waals surface area contributed by atoms with Gasteiger partial charge in [-0.15, -0.1) is 0 Å². The highest BCUT2D eigenvalue weighted by atomic mass is 35.5. The first kappa shape index (κ1) is 15.3. The summed E-state index contributed by atoms with van der Waals surface area (Å²) in [5, 5.41) is 3.28. The number of aromatic nitrogens is 3. The standard InChI is InChI=1S/C16H11ClF2N4/c17-14-7-15(21-8-10-3-4-12(18)13(19)6-10)23-16(22-14)11-2-1-5-20-9-11/h1-7,9H,8H2,(H,21,22,23). The summed E-state index contributed by atoms with van der Waals surface area (Å²) < 4.78 is 26.1. The van der Waals surface area contributed by atoms with Gasteiger partial charge in [-0.2, -0.15) is 0 Å². The molecule has 0 bridgehead atoms. The molecule has 0 atom stereocenters. The summed E-state index contributed by atoms with van der Waals surface area (Å²) >= 11 is 6.01. The Labute approximate surface area is 136 Å². The van der Waals surface area contributed by atoms with Crippen molar-refractivity contribution in [3.63, 3.8) is 0 Å². The Hall–Kier alpha value is -2.60. The molecular weight excluding hydrogens is 322 g/mol. The summed E-state index contributed by atoms with van der Waals surface area (Å²) in [5.41, 5.74) is 1.31. The van der Waals surface area contributed by atoms with Crippen molar-refractivity contribution in [3.05, 3.63) is 71.1 Å². The Balaban J connectivity index is 1.80. The van der Waals surface area contributed by atoms with Gasteiger partial charge in [-0.25, -0.2) is 18.7 Å². The minimum Gasteiger partial charge on any atom is -0.366 e. The fourth-order valence-electron chi connectivity index (χ4n) is 1.97. The molecule has 0 saturated heterocycles. The van der Waals surface area contributed by atoms with Gasteiger partial charge in [0.25, 0.3) is 0 Å². The SMILES string of the molecule is Fc1ccc(CNc2cc(Cl)nc(-c3cccnc3)n2)cc1F. The Morgan fingerprint density at radius 1 is 1.04 bits per heavy atom. The van der Waals surface area contributed by atoms with E-state index < -0.39 is 11.6 Å². The normalized spacial score (nSPS) is 10.6. The van der Waals surface area contributed by atoms with Crippen LogP contribution in [0.5, 0.6) is 0 Å². The smallest absolute Gasteiger partial charge is 0.164 e. The second-order valence-electron chi connectivity index (χ2n) is 4.74. The highest BCUT2D eigenvalue weighted by molar-refractivity contribution is 6.29. The minimum atomic E-state index is -0.888. The monoisotopic (exact) mass is 332 g/mol. The molecule has 0 spiro atoms. The molecule has 2 aromatic heterocycles. The molecule has 0 aliphatic carbocycles. The molecule has 0 aliphatic rings. The van der Waals surface area contributed by atoms with Gasteiger partial charge in [0.2, 0.25) is 0 Å². The summed E-state index contributed by atoms with van der Waals surface area (Å²) in [6.07, 6.45) is 3.28. The molecule has 1 N–H and O–H groups in total. The van der Waals surface area contributed by atoms with Gasteiger partial charge in [0.05, 0.1) is 0 Å². The zero-order valence-corrected chi connectivity index (χ0v) is 12.6. The van der Waals surface area contributed by atoms with Gasteiger partial charge >= 0.3 is 0 Å². The van der Waals surface area contributed by atoms with Gasteiger partial charge in [0.15, 0.2) is 17.5 Å². The van der Waals surface area contributed by atoms with E-state index in [0.717, 1.165) is 17.7 Å². The lowest BCUT2D eigenvalue weighted by Gasteiger charge is -2.08. The van der Waals surface area contributed by atoms with Crippen molar-refractivity contribution >= 4 is 17.4 Å². The average molecular weight is 333 g/mol. The van der Waals surface area contributed by atoms with E-state index in [9.17, 15) is 8.78 Å². The number of anilines is 1. The molecule has 4 nitrogen and oxygen atoms in total. The number of nitrogens with zero attached hydrogens (tertiary/aromatic N) is 3. The van der Waals surface area contributed by atoms with Crippen LogP contribution in [0.4, 0.5) is 14.6 Å². The first-order chi connectivity index (χ1) is 11.1. The van der Waals surface area contributed by atoms with E-state index in [0.29, 0.717) is 17.2 Å². The molecule has 7 heteroatoms. The third kappa shape index (κ3) is 3.78. The van der Waals surface area contributed by atoms with Crippen LogP contribution >= 0.6 is 11.6 Å². The van der Waals surface area contributed by atoms with Gasteiger partial charge in [-0.1, -0.05) is 17.7 Å². The first-order valence-electron chi connectivity index (χ1n) is 6.74. The molecule has 0 fully saturated rings. The van der Waals surface area contributed by atoms with Crippen molar-refractivity contribution in [3.8, 4) is 11.4 Å². The van der Waals surface area contributed by atoms with Crippen LogP contribution in [0, 0.1) is 11.6 Å². The molecule has 0 radical (unpaired) electrons. The fourth-order valence-corrected chi connectivity index (χ4v) is 2.16. The molecule has 0 saturated carbocycles. The summed E-state index contributed by atoms with van der Waals surface area (Å²) in [7, 11) is 0. The largest absolute Gasteiger partial charge is 0.366 e. The second-order valence-corrected chi connectivity index (χ2v) is 5.13. The van der Waals surface area contributed by atoms with Crippen LogP contribution in [-0.2, 0) is 6.54 Å². The number of pyridine rings is 1. The van der Waals surface area contributed by atoms with E-state index in [1.165, 1.54) is 6.07 Å².